The summed E-state index contributed by atoms with van der Waals surface area (Å²) in [6.07, 6.45) is 1.66. The van der Waals surface area contributed by atoms with Gasteiger partial charge in [-0.2, -0.15) is 4.57 Å². The van der Waals surface area contributed by atoms with Crippen molar-refractivity contribution in [2.24, 2.45) is 0 Å². The van der Waals surface area contributed by atoms with E-state index in [0.717, 1.165) is 0 Å². The Kier molecular flexibility index (Phi) is 7.12. The largest absolute Gasteiger partial charge is 0.647 e. The molecule has 0 saturated heterocycles. The number of rotatable bonds is 9. The summed E-state index contributed by atoms with van der Waals surface area (Å²) in [5.74, 6) is -0.870. The van der Waals surface area contributed by atoms with Gasteiger partial charge in [-0.1, -0.05) is 36.4 Å². The number of phenols is 3. The molecule has 0 aliphatic heterocycles. The predicted molar refractivity (Wildman–Crippen MR) is 162 cm³/mol. The third-order valence-corrected chi connectivity index (χ3v) is 8.30. The van der Waals surface area contributed by atoms with Gasteiger partial charge in [-0.25, -0.2) is 0 Å². The van der Waals surface area contributed by atoms with Crippen LogP contribution in [0.25, 0.3) is 32.3 Å². The molecule has 0 atom stereocenters. The summed E-state index contributed by atoms with van der Waals surface area (Å²) in [5.41, 5.74) is 0.455. The van der Waals surface area contributed by atoms with Crippen LogP contribution in [-0.4, -0.2) is 34.2 Å². The van der Waals surface area contributed by atoms with Gasteiger partial charge in [0.1, 0.15) is 34.5 Å². The monoisotopic (exact) mass is 608 g/mol. The minimum atomic E-state index is -4.82. The van der Waals surface area contributed by atoms with Gasteiger partial charge in [0.25, 0.3) is 0 Å². The highest BCUT2D eigenvalue weighted by molar-refractivity contribution is 7.49. The van der Waals surface area contributed by atoms with Crippen molar-refractivity contribution in [2.75, 3.05) is 0 Å². The van der Waals surface area contributed by atoms with Crippen molar-refractivity contribution in [2.45, 2.75) is 0 Å². The molecule has 44 heavy (non-hydrogen) atoms. The van der Waals surface area contributed by atoms with E-state index in [0.29, 0.717) is 18.9 Å². The topological polar surface area (TPSA) is 157 Å². The number of hydrogen-bond donors (Lipinski definition) is 3. The van der Waals surface area contributed by atoms with E-state index in [-0.39, 0.29) is 83.5 Å². The number of carbonyl (C=O) groups excluding carboxylic acids is 3. The van der Waals surface area contributed by atoms with Crippen molar-refractivity contribution in [3.8, 4) is 34.5 Å². The lowest BCUT2D eigenvalue weighted by atomic mass is 10.0. The quantitative estimate of drug-likeness (QED) is 0.112. The third kappa shape index (κ3) is 4.83. The molecule has 218 valence electrons. The Balaban J connectivity index is 1.55. The fourth-order valence-corrected chi connectivity index (χ4v) is 6.43. The number of carbonyl (C=O) groups is 3. The van der Waals surface area contributed by atoms with Gasteiger partial charge in [-0.3, -0.25) is 14.4 Å². The first kappa shape index (κ1) is 28.3. The molecule has 6 aromatic carbocycles. The van der Waals surface area contributed by atoms with Crippen molar-refractivity contribution < 1.29 is 47.8 Å². The number of phenolic OH excluding ortho intramolecular Hbond substituents is 3. The lowest BCUT2D eigenvalue weighted by Crippen LogP contribution is -2.09. The summed E-state index contributed by atoms with van der Waals surface area (Å²) in [5, 5.41) is 32.6. The van der Waals surface area contributed by atoms with Gasteiger partial charge < -0.3 is 28.9 Å². The number of hydrogen-bond acceptors (Lipinski definition) is 10. The molecule has 0 radical (unpaired) electrons. The van der Waals surface area contributed by atoms with Crippen LogP contribution >= 0.6 is 7.82 Å². The zero-order chi connectivity index (χ0) is 31.0. The Bertz CT molecular complexity index is 1950. The fourth-order valence-electron chi connectivity index (χ4n) is 5.11. The molecular weight excluding hydrogens is 587 g/mol. The van der Waals surface area contributed by atoms with E-state index in [1.807, 2.05) is 0 Å². The highest BCUT2D eigenvalue weighted by atomic mass is 31.2. The zero-order valence-corrected chi connectivity index (χ0v) is 23.4. The lowest BCUT2D eigenvalue weighted by molar-refractivity contribution is 0.111. The van der Waals surface area contributed by atoms with Crippen LogP contribution in [0.2, 0.25) is 0 Å². The number of phosphoric acid groups is 1. The van der Waals surface area contributed by atoms with Crippen molar-refractivity contribution in [3.63, 3.8) is 0 Å². The van der Waals surface area contributed by atoms with Crippen LogP contribution in [0.15, 0.2) is 91.0 Å². The molecule has 0 aliphatic rings. The van der Waals surface area contributed by atoms with Gasteiger partial charge in [0, 0.05) is 49.0 Å². The maximum atomic E-state index is 14.7. The highest BCUT2D eigenvalue weighted by Crippen LogP contribution is 2.54. The molecule has 0 heterocycles. The molecule has 0 amide bonds. The average Bonchev–Trinajstić information content (AvgIpc) is 3.02. The van der Waals surface area contributed by atoms with Crippen LogP contribution < -0.4 is 13.6 Å². The molecular formula is C33H21O10P. The van der Waals surface area contributed by atoms with Gasteiger partial charge in [0.15, 0.2) is 18.9 Å². The summed E-state index contributed by atoms with van der Waals surface area (Å²) in [6.45, 7) is 0. The van der Waals surface area contributed by atoms with E-state index in [9.17, 15) is 34.3 Å². The molecule has 0 unspecified atom stereocenters. The molecule has 0 spiro atoms. The average molecular weight is 608 g/mol. The second kappa shape index (κ2) is 11.1. The van der Waals surface area contributed by atoms with Gasteiger partial charge >= 0.3 is 7.82 Å². The Morgan fingerprint density at radius 2 is 0.750 bits per heavy atom. The van der Waals surface area contributed by atoms with Gasteiger partial charge in [-0.05, 0) is 54.6 Å². The molecule has 0 bridgehead atoms. The molecule has 0 saturated carbocycles. The molecule has 0 fully saturated rings. The number of aldehydes is 3. The van der Waals surface area contributed by atoms with E-state index in [1.54, 1.807) is 18.2 Å². The first-order valence-corrected chi connectivity index (χ1v) is 14.5. The second-order valence-electron chi connectivity index (χ2n) is 9.63. The number of benzene rings is 6. The second-order valence-corrected chi connectivity index (χ2v) is 11.1. The van der Waals surface area contributed by atoms with Crippen molar-refractivity contribution in [1.82, 2.24) is 0 Å². The summed E-state index contributed by atoms with van der Waals surface area (Å²) in [4.78, 5) is 35.1. The first-order valence-electron chi connectivity index (χ1n) is 13.1. The highest BCUT2D eigenvalue weighted by Gasteiger charge is 2.36. The van der Waals surface area contributed by atoms with Crippen molar-refractivity contribution in [3.05, 3.63) is 108 Å². The van der Waals surface area contributed by atoms with Crippen LogP contribution in [0, 0.1) is 0 Å². The molecule has 10 nitrogen and oxygen atoms in total. The zero-order valence-electron chi connectivity index (χ0n) is 22.5. The number of aromatic hydroxyl groups is 3. The SMILES string of the molecule is O=Cc1ccc(OP(=O)(Oc2ccc(C=O)c3c(O)cccc23)Oc2ccc(C=O)c3c(O)cccc23)c2cccc(O)c12. The lowest BCUT2D eigenvalue weighted by Gasteiger charge is -2.22. The summed E-state index contributed by atoms with van der Waals surface area (Å²) in [7, 11) is -4.82. The summed E-state index contributed by atoms with van der Waals surface area (Å²) >= 11 is 0. The Morgan fingerprint density at radius 3 is 1.02 bits per heavy atom. The summed E-state index contributed by atoms with van der Waals surface area (Å²) < 4.78 is 32.6. The Labute approximate surface area is 248 Å². The fraction of sp³-hybridized carbons (Fsp3) is 0. The molecule has 6 aromatic rings. The number of phosphoric ester groups is 1. The van der Waals surface area contributed by atoms with Gasteiger partial charge in [-0.15, -0.1) is 0 Å². The first-order chi connectivity index (χ1) is 21.3. The standard InChI is InChI=1S/C33H21O10P/c34-16-19-10-13-28(22-4-1-7-25(37)31(19)22)41-44(40,42-29-14-11-20(17-35)32-23(29)5-2-8-26(32)38)43-30-15-12-21(18-36)33-24(30)6-3-9-27(33)39/h1-18,37-39H. The van der Waals surface area contributed by atoms with Crippen molar-refractivity contribution >= 4 is 59.0 Å². The van der Waals surface area contributed by atoms with Crippen LogP contribution in [-0.2, 0) is 4.57 Å². The third-order valence-electron chi connectivity index (χ3n) is 7.04. The van der Waals surface area contributed by atoms with Crippen molar-refractivity contribution in [1.29, 1.82) is 0 Å². The molecule has 0 aromatic heterocycles. The van der Waals surface area contributed by atoms with E-state index in [4.69, 9.17) is 13.6 Å². The van der Waals surface area contributed by atoms with Crippen LogP contribution in [0.5, 0.6) is 34.5 Å². The van der Waals surface area contributed by atoms with Gasteiger partial charge in [0.05, 0.1) is 0 Å². The molecule has 11 heteroatoms. The minimum absolute atomic E-state index is 0.0711. The maximum Gasteiger partial charge on any atom is 0.647 e. The predicted octanol–water partition coefficient (Wildman–Crippen LogP) is 7.35. The minimum Gasteiger partial charge on any atom is -0.507 e. The van der Waals surface area contributed by atoms with Crippen LogP contribution in [0.3, 0.4) is 0 Å². The van der Waals surface area contributed by atoms with E-state index >= 15 is 0 Å². The number of fused-ring (bicyclic) bond motifs is 3. The van der Waals surface area contributed by atoms with Crippen LogP contribution in [0.1, 0.15) is 31.1 Å². The van der Waals surface area contributed by atoms with E-state index in [2.05, 4.69) is 0 Å². The van der Waals surface area contributed by atoms with E-state index < -0.39 is 7.82 Å². The van der Waals surface area contributed by atoms with Gasteiger partial charge in [0.2, 0.25) is 0 Å². The Hall–Kier alpha value is -5.86. The maximum absolute atomic E-state index is 14.7. The molecule has 3 N–H and O–H groups in total. The molecule has 0 aliphatic carbocycles. The van der Waals surface area contributed by atoms with Crippen LogP contribution in [0.4, 0.5) is 0 Å². The van der Waals surface area contributed by atoms with E-state index in [1.165, 1.54) is 72.8 Å². The normalized spacial score (nSPS) is 11.4. The summed E-state index contributed by atoms with van der Waals surface area (Å²) in [6, 6.07) is 21.5. The smallest absolute Gasteiger partial charge is 0.507 e. The Morgan fingerprint density at radius 1 is 0.455 bits per heavy atom. The molecule has 6 rings (SSSR count).